The number of rotatable bonds is 5. The fraction of sp³-hybridized carbons (Fsp3) is 0.222. The highest BCUT2D eigenvalue weighted by molar-refractivity contribution is 5.77. The first-order valence-electron chi connectivity index (χ1n) is 10.8. The molecule has 1 saturated carbocycles. The maximum absolute atomic E-state index is 9.87. The smallest absolute Gasteiger partial charge is 0.230 e. The second kappa shape index (κ2) is 7.10. The van der Waals surface area contributed by atoms with Gasteiger partial charge in [-0.3, -0.25) is 0 Å². The van der Waals surface area contributed by atoms with E-state index in [4.69, 9.17) is 14.1 Å². The fourth-order valence-corrected chi connectivity index (χ4v) is 5.05. The van der Waals surface area contributed by atoms with E-state index in [9.17, 15) is 5.11 Å². The summed E-state index contributed by atoms with van der Waals surface area (Å²) in [7, 11) is 0. The van der Waals surface area contributed by atoms with Crippen molar-refractivity contribution in [1.82, 2.24) is 4.98 Å². The minimum atomic E-state index is -0.470. The molecule has 1 aliphatic carbocycles. The summed E-state index contributed by atoms with van der Waals surface area (Å²) < 4.78 is 12.8. The number of benzene rings is 3. The van der Waals surface area contributed by atoms with Crippen LogP contribution in [-0.4, -0.2) is 16.2 Å². The van der Waals surface area contributed by atoms with E-state index in [0.717, 1.165) is 47.4 Å². The van der Waals surface area contributed by atoms with E-state index in [1.165, 1.54) is 0 Å². The molecule has 31 heavy (non-hydrogen) atoms. The molecule has 0 spiro atoms. The van der Waals surface area contributed by atoms with Crippen molar-refractivity contribution < 1.29 is 14.3 Å². The zero-order chi connectivity index (χ0) is 20.8. The molecule has 1 aromatic heterocycles. The normalized spacial score (nSPS) is 24.1. The van der Waals surface area contributed by atoms with E-state index in [1.807, 2.05) is 48.5 Å². The number of fused-ring (bicyclic) bond motifs is 1. The monoisotopic (exact) mass is 409 g/mol. The van der Waals surface area contributed by atoms with Gasteiger partial charge in [-0.2, -0.15) is 0 Å². The maximum Gasteiger partial charge on any atom is 0.230 e. The molecule has 1 saturated heterocycles. The molecular weight excluding hydrogens is 386 g/mol. The fourth-order valence-electron chi connectivity index (χ4n) is 5.05. The van der Waals surface area contributed by atoms with Gasteiger partial charge in [-0.25, -0.2) is 4.98 Å². The lowest BCUT2D eigenvalue weighted by Gasteiger charge is -2.18. The third-order valence-electron chi connectivity index (χ3n) is 6.58. The van der Waals surface area contributed by atoms with Crippen LogP contribution >= 0.6 is 0 Å². The van der Waals surface area contributed by atoms with E-state index >= 15 is 0 Å². The summed E-state index contributed by atoms with van der Waals surface area (Å²) in [6, 6.07) is 27.8. The number of hydrogen-bond donors (Lipinski definition) is 1. The van der Waals surface area contributed by atoms with Gasteiger partial charge in [-0.05, 0) is 37.0 Å². The molecule has 4 aromatic rings. The predicted molar refractivity (Wildman–Crippen MR) is 118 cm³/mol. The third kappa shape index (κ3) is 3.06. The topological polar surface area (TPSA) is 58.8 Å². The second-order valence-electron chi connectivity index (χ2n) is 8.48. The van der Waals surface area contributed by atoms with Gasteiger partial charge in [-0.1, -0.05) is 72.8 Å². The van der Waals surface area contributed by atoms with E-state index in [-0.39, 0.29) is 12.0 Å². The number of epoxide rings is 1. The van der Waals surface area contributed by atoms with Gasteiger partial charge in [0.1, 0.15) is 11.4 Å². The van der Waals surface area contributed by atoms with E-state index in [1.54, 1.807) is 6.07 Å². The lowest BCUT2D eigenvalue weighted by Crippen LogP contribution is -2.22. The largest absolute Gasteiger partial charge is 0.508 e. The van der Waals surface area contributed by atoms with Gasteiger partial charge in [0.25, 0.3) is 0 Å². The van der Waals surface area contributed by atoms with Crippen molar-refractivity contribution >= 4 is 0 Å². The highest BCUT2D eigenvalue weighted by Crippen LogP contribution is 2.62. The summed E-state index contributed by atoms with van der Waals surface area (Å²) in [5.41, 5.74) is 3.54. The van der Waals surface area contributed by atoms with E-state index in [2.05, 4.69) is 30.3 Å². The molecule has 0 bridgehead atoms. The molecule has 4 nitrogen and oxygen atoms in total. The SMILES string of the molecule is Oc1cccc(CC2CCC3OC23c2nc(-c3ccccc3)c(-c3ccccc3)o2)c1. The van der Waals surface area contributed by atoms with Gasteiger partial charge in [0, 0.05) is 17.0 Å². The first-order chi connectivity index (χ1) is 15.2. The number of phenolic OH excluding ortho intramolecular Hbond substituents is 1. The Bertz CT molecular complexity index is 1160. The van der Waals surface area contributed by atoms with Crippen molar-refractivity contribution in [2.45, 2.75) is 31.0 Å². The first kappa shape index (κ1) is 18.4. The van der Waals surface area contributed by atoms with Crippen LogP contribution in [0, 0.1) is 5.92 Å². The highest BCUT2D eigenvalue weighted by Gasteiger charge is 2.69. The van der Waals surface area contributed by atoms with Gasteiger partial charge in [0.15, 0.2) is 11.4 Å². The number of oxazole rings is 1. The van der Waals surface area contributed by atoms with Gasteiger partial charge in [-0.15, -0.1) is 0 Å². The van der Waals surface area contributed by atoms with Crippen LogP contribution in [-0.2, 0) is 16.8 Å². The summed E-state index contributed by atoms with van der Waals surface area (Å²) in [4.78, 5) is 5.02. The molecule has 3 unspecified atom stereocenters. The molecule has 0 radical (unpaired) electrons. The van der Waals surface area contributed by atoms with E-state index < -0.39 is 5.60 Å². The Kier molecular flexibility index (Phi) is 4.22. The first-order valence-corrected chi connectivity index (χ1v) is 10.8. The molecule has 3 atom stereocenters. The van der Waals surface area contributed by atoms with Crippen molar-refractivity contribution in [3.05, 3.63) is 96.4 Å². The van der Waals surface area contributed by atoms with Crippen LogP contribution < -0.4 is 0 Å². The summed E-state index contributed by atoms with van der Waals surface area (Å²) in [5, 5.41) is 9.87. The Morgan fingerprint density at radius 3 is 2.32 bits per heavy atom. The molecule has 6 rings (SSSR count). The molecule has 0 amide bonds. The Hall–Kier alpha value is -3.37. The number of hydrogen-bond acceptors (Lipinski definition) is 4. The molecule has 2 heterocycles. The number of ether oxygens (including phenoxy) is 1. The van der Waals surface area contributed by atoms with Crippen LogP contribution in [0.4, 0.5) is 0 Å². The summed E-state index contributed by atoms with van der Waals surface area (Å²) in [6.45, 7) is 0. The number of phenols is 1. The van der Waals surface area contributed by atoms with Crippen LogP contribution in [0.25, 0.3) is 22.6 Å². The van der Waals surface area contributed by atoms with Crippen LogP contribution in [0.15, 0.2) is 89.3 Å². The molecule has 154 valence electrons. The molecular formula is C27H23NO3. The molecule has 1 N–H and O–H groups in total. The zero-order valence-corrected chi connectivity index (χ0v) is 17.1. The Morgan fingerprint density at radius 2 is 1.61 bits per heavy atom. The number of aromatic hydroxyl groups is 1. The molecule has 4 heteroatoms. The quantitative estimate of drug-likeness (QED) is 0.413. The highest BCUT2D eigenvalue weighted by atomic mass is 16.6. The average molecular weight is 409 g/mol. The average Bonchev–Trinajstić information content (AvgIpc) is 3.19. The second-order valence-corrected chi connectivity index (χ2v) is 8.48. The van der Waals surface area contributed by atoms with Crippen molar-refractivity contribution in [2.24, 2.45) is 5.92 Å². The van der Waals surface area contributed by atoms with Crippen molar-refractivity contribution in [3.63, 3.8) is 0 Å². The standard InChI is InChI=1S/C27H23NO3/c29-22-13-7-8-18(17-22)16-21-14-15-23-27(21,31-23)26-28-24(19-9-3-1-4-10-19)25(30-26)20-11-5-2-6-12-20/h1-13,17,21,23,29H,14-16H2. The van der Waals surface area contributed by atoms with Gasteiger partial charge < -0.3 is 14.3 Å². The maximum atomic E-state index is 9.87. The Labute approximate surface area is 181 Å². The lowest BCUT2D eigenvalue weighted by atomic mass is 9.88. The summed E-state index contributed by atoms with van der Waals surface area (Å²) >= 11 is 0. The van der Waals surface area contributed by atoms with E-state index in [0.29, 0.717) is 11.6 Å². The lowest BCUT2D eigenvalue weighted by molar-refractivity contribution is 0.157. The summed E-state index contributed by atoms with van der Waals surface area (Å²) in [6.07, 6.45) is 3.05. The molecule has 1 aliphatic heterocycles. The summed E-state index contributed by atoms with van der Waals surface area (Å²) in [5.74, 6) is 2.03. The zero-order valence-electron chi connectivity index (χ0n) is 17.1. The molecule has 2 aliphatic rings. The van der Waals surface area contributed by atoms with Gasteiger partial charge >= 0.3 is 0 Å². The van der Waals surface area contributed by atoms with Crippen molar-refractivity contribution in [1.29, 1.82) is 0 Å². The van der Waals surface area contributed by atoms with Crippen molar-refractivity contribution in [2.75, 3.05) is 0 Å². The van der Waals surface area contributed by atoms with Crippen LogP contribution in [0.5, 0.6) is 5.75 Å². The Morgan fingerprint density at radius 1 is 0.871 bits per heavy atom. The van der Waals surface area contributed by atoms with Crippen LogP contribution in [0.1, 0.15) is 24.3 Å². The number of nitrogens with zero attached hydrogens (tertiary/aromatic N) is 1. The van der Waals surface area contributed by atoms with Crippen LogP contribution in [0.3, 0.4) is 0 Å². The minimum Gasteiger partial charge on any atom is -0.508 e. The third-order valence-corrected chi connectivity index (χ3v) is 6.58. The molecule has 3 aromatic carbocycles. The van der Waals surface area contributed by atoms with Gasteiger partial charge in [0.2, 0.25) is 5.89 Å². The Balaban J connectivity index is 1.42. The van der Waals surface area contributed by atoms with Crippen molar-refractivity contribution in [3.8, 4) is 28.3 Å². The van der Waals surface area contributed by atoms with Gasteiger partial charge in [0.05, 0.1) is 6.10 Å². The predicted octanol–water partition coefficient (Wildman–Crippen LogP) is 5.96. The molecule has 2 fully saturated rings. The minimum absolute atomic E-state index is 0.153. The van der Waals surface area contributed by atoms with Crippen LogP contribution in [0.2, 0.25) is 0 Å². The number of aromatic nitrogens is 1.